The minimum Gasteiger partial charge on any atom is -0.336 e. The number of piperazine rings is 1. The maximum atomic E-state index is 13.1. The molecule has 0 aliphatic carbocycles. The van der Waals surface area contributed by atoms with Crippen LogP contribution >= 0.6 is 0 Å². The molecule has 0 unspecified atom stereocenters. The number of aryl methyl sites for hydroxylation is 1. The zero-order chi connectivity index (χ0) is 26.0. The Morgan fingerprint density at radius 1 is 0.919 bits per heavy atom. The van der Waals surface area contributed by atoms with Crippen LogP contribution in [-0.2, 0) is 12.7 Å². The first kappa shape index (κ1) is 24.7. The Balaban J connectivity index is 1.23. The lowest BCUT2D eigenvalue weighted by Crippen LogP contribution is -2.48. The quantitative estimate of drug-likeness (QED) is 0.348. The van der Waals surface area contributed by atoms with Crippen LogP contribution in [0.25, 0.3) is 22.8 Å². The molecule has 5 rings (SSSR count). The highest BCUT2D eigenvalue weighted by Gasteiger charge is 2.31. The lowest BCUT2D eigenvalue weighted by Gasteiger charge is -2.35. The van der Waals surface area contributed by atoms with Gasteiger partial charge >= 0.3 is 6.18 Å². The summed E-state index contributed by atoms with van der Waals surface area (Å²) in [6.45, 7) is 5.45. The second-order valence-corrected chi connectivity index (χ2v) is 9.09. The van der Waals surface area contributed by atoms with Gasteiger partial charge in [-0.2, -0.15) is 18.2 Å². The monoisotopic (exact) mass is 506 g/mol. The van der Waals surface area contributed by atoms with E-state index in [1.807, 2.05) is 60.4 Å². The SMILES string of the molecule is Cc1ccccc1C(=O)N1CCN(Cc2cccc(-c3noc(-c4cccc(C(F)(F)F)c4)n3)c2)CC1. The first-order valence-electron chi connectivity index (χ1n) is 12.0. The summed E-state index contributed by atoms with van der Waals surface area (Å²) in [4.78, 5) is 21.4. The fourth-order valence-corrected chi connectivity index (χ4v) is 4.45. The van der Waals surface area contributed by atoms with Gasteiger partial charge in [0, 0.05) is 49.4 Å². The third-order valence-corrected chi connectivity index (χ3v) is 6.49. The molecule has 1 amide bonds. The summed E-state index contributed by atoms with van der Waals surface area (Å²) >= 11 is 0. The van der Waals surface area contributed by atoms with E-state index in [4.69, 9.17) is 4.52 Å². The number of carbonyl (C=O) groups excluding carboxylic acids is 1. The van der Waals surface area contributed by atoms with Crippen LogP contribution in [0.5, 0.6) is 0 Å². The van der Waals surface area contributed by atoms with E-state index in [0.717, 1.165) is 41.9 Å². The molecule has 1 aromatic heterocycles. The number of hydrogen-bond acceptors (Lipinski definition) is 5. The van der Waals surface area contributed by atoms with Crippen molar-refractivity contribution in [2.75, 3.05) is 26.2 Å². The molecule has 0 saturated carbocycles. The van der Waals surface area contributed by atoms with Crippen LogP contribution in [0.1, 0.15) is 27.0 Å². The van der Waals surface area contributed by atoms with Crippen LogP contribution in [0.2, 0.25) is 0 Å². The number of alkyl halides is 3. The van der Waals surface area contributed by atoms with E-state index in [9.17, 15) is 18.0 Å². The molecule has 2 heterocycles. The van der Waals surface area contributed by atoms with E-state index >= 15 is 0 Å². The summed E-state index contributed by atoms with van der Waals surface area (Å²) in [7, 11) is 0. The fourth-order valence-electron chi connectivity index (χ4n) is 4.45. The van der Waals surface area contributed by atoms with Crippen molar-refractivity contribution in [3.05, 3.63) is 95.1 Å². The molecule has 1 aliphatic heterocycles. The van der Waals surface area contributed by atoms with E-state index < -0.39 is 11.7 Å². The van der Waals surface area contributed by atoms with Gasteiger partial charge in [0.05, 0.1) is 5.56 Å². The molecule has 0 bridgehead atoms. The maximum Gasteiger partial charge on any atom is 0.416 e. The van der Waals surface area contributed by atoms with Gasteiger partial charge < -0.3 is 9.42 Å². The van der Waals surface area contributed by atoms with Gasteiger partial charge in [0.2, 0.25) is 5.82 Å². The summed E-state index contributed by atoms with van der Waals surface area (Å²) in [5.74, 6) is 0.400. The highest BCUT2D eigenvalue weighted by Crippen LogP contribution is 2.32. The van der Waals surface area contributed by atoms with Gasteiger partial charge in [-0.05, 0) is 48.4 Å². The smallest absolute Gasteiger partial charge is 0.336 e. The lowest BCUT2D eigenvalue weighted by molar-refractivity contribution is -0.137. The molecule has 6 nitrogen and oxygen atoms in total. The Morgan fingerprint density at radius 3 is 2.41 bits per heavy atom. The van der Waals surface area contributed by atoms with Crippen molar-refractivity contribution < 1.29 is 22.5 Å². The van der Waals surface area contributed by atoms with E-state index in [2.05, 4.69) is 15.0 Å². The minimum atomic E-state index is -4.45. The van der Waals surface area contributed by atoms with Gasteiger partial charge in [-0.15, -0.1) is 0 Å². The van der Waals surface area contributed by atoms with E-state index in [1.165, 1.54) is 12.1 Å². The molecule has 0 atom stereocenters. The van der Waals surface area contributed by atoms with E-state index in [-0.39, 0.29) is 17.4 Å². The Labute approximate surface area is 212 Å². The number of amides is 1. The topological polar surface area (TPSA) is 62.5 Å². The number of nitrogens with zero attached hydrogens (tertiary/aromatic N) is 4. The Morgan fingerprint density at radius 2 is 1.65 bits per heavy atom. The van der Waals surface area contributed by atoms with Crippen LogP contribution < -0.4 is 0 Å². The number of benzene rings is 3. The van der Waals surface area contributed by atoms with Crippen molar-refractivity contribution in [3.63, 3.8) is 0 Å². The molecule has 0 radical (unpaired) electrons. The van der Waals surface area contributed by atoms with Crippen molar-refractivity contribution >= 4 is 5.91 Å². The van der Waals surface area contributed by atoms with Crippen LogP contribution in [0.3, 0.4) is 0 Å². The summed E-state index contributed by atoms with van der Waals surface area (Å²) in [6, 6.07) is 20.1. The Bertz CT molecular complexity index is 1410. The zero-order valence-electron chi connectivity index (χ0n) is 20.2. The van der Waals surface area contributed by atoms with Gasteiger partial charge in [0.25, 0.3) is 11.8 Å². The van der Waals surface area contributed by atoms with Crippen LogP contribution in [0.4, 0.5) is 13.2 Å². The van der Waals surface area contributed by atoms with Gasteiger partial charge in [-0.25, -0.2) is 0 Å². The molecule has 37 heavy (non-hydrogen) atoms. The third kappa shape index (κ3) is 5.56. The van der Waals surface area contributed by atoms with Crippen LogP contribution in [0.15, 0.2) is 77.3 Å². The standard InChI is InChI=1S/C28H25F3N4O2/c1-19-6-2-3-11-24(19)27(36)35-14-12-34(13-15-35)18-20-7-4-8-21(16-20)25-32-26(37-33-25)22-9-5-10-23(17-22)28(29,30)31/h2-11,16-17H,12-15,18H2,1H3. The largest absolute Gasteiger partial charge is 0.416 e. The van der Waals surface area contributed by atoms with Gasteiger partial charge in [-0.3, -0.25) is 9.69 Å². The number of aromatic nitrogens is 2. The van der Waals surface area contributed by atoms with Crippen molar-refractivity contribution in [2.45, 2.75) is 19.6 Å². The van der Waals surface area contributed by atoms with Crippen LogP contribution in [0, 0.1) is 6.92 Å². The number of hydrogen-bond donors (Lipinski definition) is 0. The molecule has 9 heteroatoms. The summed E-state index contributed by atoms with van der Waals surface area (Å²) < 4.78 is 44.4. The summed E-state index contributed by atoms with van der Waals surface area (Å²) in [5, 5.41) is 3.98. The third-order valence-electron chi connectivity index (χ3n) is 6.49. The molecule has 0 spiro atoms. The fraction of sp³-hybridized carbons (Fsp3) is 0.250. The van der Waals surface area contributed by atoms with Gasteiger partial charge in [0.15, 0.2) is 0 Å². The average molecular weight is 507 g/mol. The second kappa shape index (κ2) is 10.2. The predicted molar refractivity (Wildman–Crippen MR) is 133 cm³/mol. The molecule has 1 aliphatic rings. The molecule has 1 saturated heterocycles. The number of rotatable bonds is 5. The molecular weight excluding hydrogens is 481 g/mol. The summed E-state index contributed by atoms with van der Waals surface area (Å²) in [5.41, 5.74) is 2.92. The van der Waals surface area contributed by atoms with Crippen molar-refractivity contribution in [2.24, 2.45) is 0 Å². The molecule has 3 aromatic carbocycles. The number of carbonyl (C=O) groups is 1. The highest BCUT2D eigenvalue weighted by atomic mass is 19.4. The van der Waals surface area contributed by atoms with Gasteiger partial charge in [-0.1, -0.05) is 47.6 Å². The molecule has 4 aromatic rings. The zero-order valence-corrected chi connectivity index (χ0v) is 20.2. The molecule has 190 valence electrons. The van der Waals surface area contributed by atoms with Gasteiger partial charge in [0.1, 0.15) is 0 Å². The first-order chi connectivity index (χ1) is 17.8. The Hall–Kier alpha value is -3.98. The lowest BCUT2D eigenvalue weighted by atomic mass is 10.1. The Kier molecular flexibility index (Phi) is 6.80. The second-order valence-electron chi connectivity index (χ2n) is 9.09. The van der Waals surface area contributed by atoms with Crippen molar-refractivity contribution in [3.8, 4) is 22.8 Å². The van der Waals surface area contributed by atoms with Crippen molar-refractivity contribution in [1.29, 1.82) is 0 Å². The molecule has 1 fully saturated rings. The van der Waals surface area contributed by atoms with Crippen molar-refractivity contribution in [1.82, 2.24) is 19.9 Å². The summed E-state index contributed by atoms with van der Waals surface area (Å²) in [6.07, 6.45) is -4.45. The normalized spacial score (nSPS) is 14.6. The molecular formula is C28H25F3N4O2. The van der Waals surface area contributed by atoms with E-state index in [0.29, 0.717) is 31.0 Å². The predicted octanol–water partition coefficient (Wildman–Crippen LogP) is 5.69. The van der Waals surface area contributed by atoms with E-state index in [1.54, 1.807) is 0 Å². The average Bonchev–Trinajstić information content (AvgIpc) is 3.40. The molecule has 0 N–H and O–H groups in total. The number of halogens is 3. The minimum absolute atomic E-state index is 0.0287. The first-order valence-corrected chi connectivity index (χ1v) is 12.0. The highest BCUT2D eigenvalue weighted by molar-refractivity contribution is 5.95. The van der Waals surface area contributed by atoms with Crippen LogP contribution in [-0.4, -0.2) is 52.0 Å². The maximum absolute atomic E-state index is 13.1.